The normalized spacial score (nSPS) is 19.5. The molecule has 6 heteroatoms. The first kappa shape index (κ1) is 12.2. The maximum absolute atomic E-state index is 13.3. The van der Waals surface area contributed by atoms with Crippen LogP contribution in [0.25, 0.3) is 0 Å². The van der Waals surface area contributed by atoms with Crippen LogP contribution in [0, 0.1) is 17.1 Å². The second-order valence-corrected chi connectivity index (χ2v) is 4.12. The van der Waals surface area contributed by atoms with Crippen LogP contribution in [0.1, 0.15) is 18.4 Å². The van der Waals surface area contributed by atoms with Crippen molar-refractivity contribution < 1.29 is 14.0 Å². The first-order chi connectivity index (χ1) is 8.50. The summed E-state index contributed by atoms with van der Waals surface area (Å²) in [7, 11) is 0. The molecule has 1 aromatic rings. The van der Waals surface area contributed by atoms with Crippen molar-refractivity contribution in [3.8, 4) is 0 Å². The molecular weight excluding hydrogens is 237 g/mol. The van der Waals surface area contributed by atoms with Crippen molar-refractivity contribution in [1.82, 2.24) is 5.32 Å². The third kappa shape index (κ3) is 2.09. The Morgan fingerprint density at radius 3 is 2.83 bits per heavy atom. The van der Waals surface area contributed by atoms with Crippen LogP contribution in [-0.4, -0.2) is 17.5 Å². The highest BCUT2D eigenvalue weighted by atomic mass is 19.1. The van der Waals surface area contributed by atoms with E-state index >= 15 is 0 Å². The number of nitrogen functional groups attached to an aromatic ring is 1. The number of para-hydroxylation sites is 1. The zero-order valence-electron chi connectivity index (χ0n) is 9.50. The third-order valence-electron chi connectivity index (χ3n) is 2.93. The number of hydrogen-bond donors (Lipinski definition) is 3. The summed E-state index contributed by atoms with van der Waals surface area (Å²) in [6, 6.07) is 4.11. The average molecular weight is 249 g/mol. The predicted octanol–water partition coefficient (Wildman–Crippen LogP) is 0.829. The maximum Gasteiger partial charge on any atom is 0.235 e. The largest absolute Gasteiger partial charge is 0.396 e. The summed E-state index contributed by atoms with van der Waals surface area (Å²) in [6.07, 6.45) is 0.424. The lowest BCUT2D eigenvalue weighted by Gasteiger charge is -2.22. The summed E-state index contributed by atoms with van der Waals surface area (Å²) >= 11 is 0. The number of benzene rings is 1. The molecule has 1 unspecified atom stereocenters. The van der Waals surface area contributed by atoms with Crippen molar-refractivity contribution in [2.45, 2.75) is 12.8 Å². The number of anilines is 1. The van der Waals surface area contributed by atoms with Gasteiger partial charge in [0.1, 0.15) is 5.82 Å². The van der Waals surface area contributed by atoms with Crippen LogP contribution in [0.5, 0.6) is 0 Å². The van der Waals surface area contributed by atoms with Gasteiger partial charge in [0, 0.05) is 12.0 Å². The van der Waals surface area contributed by atoms with Crippen LogP contribution < -0.4 is 11.1 Å². The van der Waals surface area contributed by atoms with Crippen molar-refractivity contribution in [2.75, 3.05) is 5.73 Å². The van der Waals surface area contributed by atoms with Gasteiger partial charge in [0.15, 0.2) is 0 Å². The van der Waals surface area contributed by atoms with Gasteiger partial charge >= 0.3 is 0 Å². The van der Waals surface area contributed by atoms with E-state index in [-0.39, 0.29) is 35.7 Å². The number of hydrogen-bond acceptors (Lipinski definition) is 4. The van der Waals surface area contributed by atoms with Crippen LogP contribution in [0.3, 0.4) is 0 Å². The van der Waals surface area contributed by atoms with Gasteiger partial charge in [0.05, 0.1) is 17.3 Å². The number of piperidine rings is 1. The molecule has 0 saturated carbocycles. The molecule has 4 N–H and O–H groups in total. The molecule has 18 heavy (non-hydrogen) atoms. The van der Waals surface area contributed by atoms with Gasteiger partial charge in [-0.05, 0) is 12.5 Å². The van der Waals surface area contributed by atoms with E-state index in [0.29, 0.717) is 0 Å². The first-order valence-electron chi connectivity index (χ1n) is 5.47. The Kier molecular flexibility index (Phi) is 3.10. The Balaban J connectivity index is 2.29. The topological polar surface area (TPSA) is 96.0 Å². The second kappa shape index (κ2) is 4.56. The minimum Gasteiger partial charge on any atom is -0.396 e. The van der Waals surface area contributed by atoms with Crippen molar-refractivity contribution in [3.63, 3.8) is 0 Å². The smallest absolute Gasteiger partial charge is 0.235 e. The molecule has 0 aromatic heterocycles. The number of nitrogens with two attached hydrogens (primary N) is 1. The van der Waals surface area contributed by atoms with Crippen LogP contribution in [0.15, 0.2) is 18.2 Å². The lowest BCUT2D eigenvalue weighted by atomic mass is 9.88. The number of carbonyl (C=O) groups excluding carboxylic acids is 2. The zero-order valence-corrected chi connectivity index (χ0v) is 9.50. The molecule has 0 bridgehead atoms. The zero-order chi connectivity index (χ0) is 13.3. The highest BCUT2D eigenvalue weighted by Gasteiger charge is 2.31. The number of nitrogens with one attached hydrogen (secondary N) is 2. The van der Waals surface area contributed by atoms with E-state index in [1.54, 1.807) is 0 Å². The van der Waals surface area contributed by atoms with E-state index in [4.69, 9.17) is 11.1 Å². The van der Waals surface area contributed by atoms with Crippen LogP contribution in [0.4, 0.5) is 10.1 Å². The average Bonchev–Trinajstić information content (AvgIpc) is 2.32. The van der Waals surface area contributed by atoms with Crippen LogP contribution >= 0.6 is 0 Å². The first-order valence-corrected chi connectivity index (χ1v) is 5.47. The van der Waals surface area contributed by atoms with E-state index in [1.165, 1.54) is 18.2 Å². The maximum atomic E-state index is 13.3. The number of rotatable bonds is 2. The highest BCUT2D eigenvalue weighted by Crippen LogP contribution is 2.23. The van der Waals surface area contributed by atoms with E-state index < -0.39 is 17.6 Å². The molecule has 1 aliphatic rings. The minimum atomic E-state index is -0.758. The van der Waals surface area contributed by atoms with Gasteiger partial charge in [0.25, 0.3) is 0 Å². The number of amides is 2. The highest BCUT2D eigenvalue weighted by molar-refractivity contribution is 6.17. The monoisotopic (exact) mass is 249 g/mol. The van der Waals surface area contributed by atoms with Crippen molar-refractivity contribution >= 4 is 23.2 Å². The predicted molar refractivity (Wildman–Crippen MR) is 63.5 cm³/mol. The standard InChI is InChI=1S/C12H12FN3O2/c13-8-3-1-2-6(11(8)15)10(14)7-4-5-9(17)16-12(7)18/h1-3,7,14H,4-5,15H2,(H,16,17,18). The molecule has 2 amide bonds. The molecule has 94 valence electrons. The lowest BCUT2D eigenvalue weighted by molar-refractivity contribution is -0.134. The summed E-state index contributed by atoms with van der Waals surface area (Å²) in [5.41, 5.74) is 5.54. The molecule has 1 fully saturated rings. The Labute approximate surface area is 103 Å². The molecule has 1 atom stereocenters. The van der Waals surface area contributed by atoms with Crippen molar-refractivity contribution in [1.29, 1.82) is 5.41 Å². The van der Waals surface area contributed by atoms with Gasteiger partial charge in [-0.15, -0.1) is 0 Å². The third-order valence-corrected chi connectivity index (χ3v) is 2.93. The van der Waals surface area contributed by atoms with Crippen LogP contribution in [-0.2, 0) is 9.59 Å². The fraction of sp³-hybridized carbons (Fsp3) is 0.250. The summed E-state index contributed by atoms with van der Waals surface area (Å²) in [5.74, 6) is -2.26. The summed E-state index contributed by atoms with van der Waals surface area (Å²) in [5, 5.41) is 10.1. The van der Waals surface area contributed by atoms with Crippen molar-refractivity contribution in [3.05, 3.63) is 29.6 Å². The SMILES string of the molecule is N=C(c1cccc(F)c1N)C1CCC(=O)NC1=O. The van der Waals surface area contributed by atoms with Crippen molar-refractivity contribution in [2.24, 2.45) is 5.92 Å². The molecule has 1 saturated heterocycles. The molecule has 2 rings (SSSR count). The molecule has 0 spiro atoms. The molecule has 0 radical (unpaired) electrons. The van der Waals surface area contributed by atoms with E-state index in [1.807, 2.05) is 0 Å². The number of halogens is 1. The van der Waals surface area contributed by atoms with Gasteiger partial charge in [-0.2, -0.15) is 0 Å². The molecular formula is C12H12FN3O2. The molecule has 0 aliphatic carbocycles. The van der Waals surface area contributed by atoms with Gasteiger partial charge in [-0.3, -0.25) is 14.9 Å². The quantitative estimate of drug-likeness (QED) is 0.411. The van der Waals surface area contributed by atoms with E-state index in [0.717, 1.165) is 0 Å². The molecule has 1 aromatic carbocycles. The number of carbonyl (C=O) groups is 2. The van der Waals surface area contributed by atoms with Gasteiger partial charge < -0.3 is 11.1 Å². The fourth-order valence-corrected chi connectivity index (χ4v) is 1.93. The summed E-state index contributed by atoms with van der Waals surface area (Å²) in [6.45, 7) is 0. The molecule has 1 heterocycles. The Morgan fingerprint density at radius 2 is 2.17 bits per heavy atom. The Bertz CT molecular complexity index is 542. The number of imide groups is 1. The summed E-state index contributed by atoms with van der Waals surface area (Å²) < 4.78 is 13.3. The lowest BCUT2D eigenvalue weighted by Crippen LogP contribution is -2.44. The Hall–Kier alpha value is -2.24. The van der Waals surface area contributed by atoms with Gasteiger partial charge in [0.2, 0.25) is 11.8 Å². The second-order valence-electron chi connectivity index (χ2n) is 4.12. The van der Waals surface area contributed by atoms with E-state index in [2.05, 4.69) is 5.32 Å². The van der Waals surface area contributed by atoms with Crippen LogP contribution in [0.2, 0.25) is 0 Å². The molecule has 1 aliphatic heterocycles. The fourth-order valence-electron chi connectivity index (χ4n) is 1.93. The Morgan fingerprint density at radius 1 is 1.44 bits per heavy atom. The van der Waals surface area contributed by atoms with E-state index in [9.17, 15) is 14.0 Å². The summed E-state index contributed by atoms with van der Waals surface area (Å²) in [4.78, 5) is 22.6. The van der Waals surface area contributed by atoms with Gasteiger partial charge in [-0.25, -0.2) is 4.39 Å². The van der Waals surface area contributed by atoms with Gasteiger partial charge in [-0.1, -0.05) is 12.1 Å². The minimum absolute atomic E-state index is 0.0583. The molecule has 5 nitrogen and oxygen atoms in total.